The van der Waals surface area contributed by atoms with Gasteiger partial charge in [-0.15, -0.1) is 0 Å². The van der Waals surface area contributed by atoms with E-state index in [1.165, 1.54) is 66.7 Å². The lowest BCUT2D eigenvalue weighted by Crippen LogP contribution is -2.49. The first kappa shape index (κ1) is 28.4. The summed E-state index contributed by atoms with van der Waals surface area (Å²) in [6.45, 7) is -0.564. The first-order valence-electron chi connectivity index (χ1n) is 13.0. The molecule has 214 valence electrons. The van der Waals surface area contributed by atoms with E-state index in [4.69, 9.17) is 4.74 Å². The van der Waals surface area contributed by atoms with Crippen molar-refractivity contribution >= 4 is 27.7 Å². The van der Waals surface area contributed by atoms with Crippen LogP contribution in [0, 0.1) is 11.6 Å². The van der Waals surface area contributed by atoms with Crippen molar-refractivity contribution in [3.8, 4) is 0 Å². The first-order chi connectivity index (χ1) is 19.7. The molecular formula is C29H27F2N3O6S. The van der Waals surface area contributed by atoms with Gasteiger partial charge in [-0.3, -0.25) is 14.4 Å². The number of rotatable bonds is 9. The number of carbonyl (C=O) groups excluding carboxylic acids is 3. The van der Waals surface area contributed by atoms with Gasteiger partial charge in [-0.05, 0) is 48.7 Å². The van der Waals surface area contributed by atoms with Gasteiger partial charge in [0.25, 0.3) is 15.9 Å². The van der Waals surface area contributed by atoms with Crippen LogP contribution in [0.3, 0.4) is 0 Å². The molecule has 0 radical (unpaired) electrons. The van der Waals surface area contributed by atoms with E-state index in [1.807, 2.05) is 0 Å². The number of halogens is 2. The van der Waals surface area contributed by atoms with Gasteiger partial charge in [0.05, 0.1) is 11.7 Å². The topological polar surface area (TPSA) is 113 Å². The Morgan fingerprint density at radius 3 is 2.41 bits per heavy atom. The van der Waals surface area contributed by atoms with E-state index in [0.29, 0.717) is 16.5 Å². The Labute approximate surface area is 235 Å². The van der Waals surface area contributed by atoms with Crippen LogP contribution in [0.4, 0.5) is 8.78 Å². The van der Waals surface area contributed by atoms with Crippen molar-refractivity contribution in [3.63, 3.8) is 0 Å². The molecule has 5 rings (SSSR count). The van der Waals surface area contributed by atoms with Gasteiger partial charge >= 0.3 is 0 Å². The van der Waals surface area contributed by atoms with Crippen LogP contribution in [-0.2, 0) is 30.9 Å². The van der Waals surface area contributed by atoms with Crippen LogP contribution in [0.1, 0.15) is 40.4 Å². The number of sulfonamides is 1. The molecule has 3 aromatic rings. The molecule has 9 nitrogen and oxygen atoms in total. The number of benzene rings is 3. The molecule has 0 bridgehead atoms. The fourth-order valence-corrected chi connectivity index (χ4v) is 6.49. The highest BCUT2D eigenvalue weighted by Gasteiger charge is 2.44. The second-order valence-electron chi connectivity index (χ2n) is 9.77. The number of nitrogens with zero attached hydrogens (tertiary/aromatic N) is 2. The maximum atomic E-state index is 15.2. The molecule has 0 saturated carbocycles. The molecule has 41 heavy (non-hydrogen) atoms. The molecule has 1 N–H and O–H groups in total. The van der Waals surface area contributed by atoms with Gasteiger partial charge in [0, 0.05) is 25.3 Å². The molecule has 0 aromatic heterocycles. The van der Waals surface area contributed by atoms with E-state index >= 15 is 4.39 Å². The van der Waals surface area contributed by atoms with Crippen LogP contribution < -0.4 is 5.32 Å². The molecule has 1 saturated heterocycles. The van der Waals surface area contributed by atoms with Crippen LogP contribution in [0.5, 0.6) is 0 Å². The summed E-state index contributed by atoms with van der Waals surface area (Å²) < 4.78 is 61.2. The maximum Gasteiger partial charge on any atom is 0.269 e. The van der Waals surface area contributed by atoms with Gasteiger partial charge in [0.1, 0.15) is 29.1 Å². The standard InChI is InChI=1S/C29H27F2N3O6S/c30-20-13-11-19(12-14-20)17-33(26(35)18-34-29(37)23-8-2-4-10-25(23)41(34,38)39)27(22-7-1-3-9-24(22)31)28(36)32-16-21-6-5-15-40-21/h1-4,7-14,21,27H,5-6,15-18H2,(H,32,36). The lowest BCUT2D eigenvalue weighted by molar-refractivity contribution is -0.141. The minimum absolute atomic E-state index is 0.0784. The van der Waals surface area contributed by atoms with Crippen molar-refractivity contribution in [3.05, 3.63) is 101 Å². The van der Waals surface area contributed by atoms with Crippen LogP contribution in [0.25, 0.3) is 0 Å². The second kappa shape index (κ2) is 11.8. The highest BCUT2D eigenvalue weighted by molar-refractivity contribution is 7.90. The molecule has 12 heteroatoms. The van der Waals surface area contributed by atoms with Crippen LogP contribution in [0.2, 0.25) is 0 Å². The SMILES string of the molecule is O=C(NCC1CCCO1)C(c1ccccc1F)N(Cc1ccc(F)cc1)C(=O)CN1C(=O)c2ccccc2S1(=O)=O. The molecule has 1 fully saturated rings. The minimum atomic E-state index is -4.35. The fourth-order valence-electron chi connectivity index (χ4n) is 4.97. The molecule has 0 spiro atoms. The number of hydrogen-bond acceptors (Lipinski definition) is 6. The molecule has 0 aliphatic carbocycles. The van der Waals surface area contributed by atoms with Crippen molar-refractivity contribution in [1.29, 1.82) is 0 Å². The molecule has 3 aromatic carbocycles. The number of ether oxygens (including phenoxy) is 1. The summed E-state index contributed by atoms with van der Waals surface area (Å²) in [6.07, 6.45) is 1.30. The Kier molecular flexibility index (Phi) is 8.13. The van der Waals surface area contributed by atoms with Crippen LogP contribution in [0.15, 0.2) is 77.7 Å². The zero-order valence-electron chi connectivity index (χ0n) is 21.8. The van der Waals surface area contributed by atoms with E-state index in [0.717, 1.165) is 23.8 Å². The number of fused-ring (bicyclic) bond motifs is 1. The van der Waals surface area contributed by atoms with Crippen molar-refractivity contribution < 1.29 is 36.3 Å². The highest BCUT2D eigenvalue weighted by atomic mass is 32.2. The number of amides is 3. The molecule has 2 atom stereocenters. The predicted octanol–water partition coefficient (Wildman–Crippen LogP) is 3.17. The summed E-state index contributed by atoms with van der Waals surface area (Å²) in [4.78, 5) is 41.4. The Bertz CT molecular complexity index is 1580. The molecular weight excluding hydrogens is 556 g/mol. The smallest absolute Gasteiger partial charge is 0.269 e. The average molecular weight is 584 g/mol. The summed E-state index contributed by atoms with van der Waals surface area (Å²) in [5.74, 6) is -3.84. The van der Waals surface area contributed by atoms with E-state index < -0.39 is 52.0 Å². The molecule has 2 aliphatic rings. The van der Waals surface area contributed by atoms with Gasteiger partial charge in [-0.2, -0.15) is 0 Å². The molecule has 2 heterocycles. The number of nitrogens with one attached hydrogen (secondary N) is 1. The fraction of sp³-hybridized carbons (Fsp3) is 0.276. The normalized spacial score (nSPS) is 18.1. The first-order valence-corrected chi connectivity index (χ1v) is 14.4. The van der Waals surface area contributed by atoms with Crippen LogP contribution in [-0.4, -0.2) is 61.1 Å². The van der Waals surface area contributed by atoms with E-state index in [1.54, 1.807) is 0 Å². The van der Waals surface area contributed by atoms with Gasteiger partial charge in [-0.1, -0.05) is 42.5 Å². The summed E-state index contributed by atoms with van der Waals surface area (Å²) in [7, 11) is -4.35. The van der Waals surface area contributed by atoms with Gasteiger partial charge in [0.2, 0.25) is 11.8 Å². The monoisotopic (exact) mass is 583 g/mol. The Balaban J connectivity index is 1.52. The summed E-state index contributed by atoms with van der Waals surface area (Å²) in [5, 5.41) is 2.73. The lowest BCUT2D eigenvalue weighted by Gasteiger charge is -2.33. The largest absolute Gasteiger partial charge is 0.376 e. The van der Waals surface area contributed by atoms with E-state index in [2.05, 4.69) is 5.32 Å². The van der Waals surface area contributed by atoms with E-state index in [9.17, 15) is 27.2 Å². The highest BCUT2D eigenvalue weighted by Crippen LogP contribution is 2.32. The lowest BCUT2D eigenvalue weighted by atomic mass is 10.0. The Morgan fingerprint density at radius 1 is 1.02 bits per heavy atom. The Morgan fingerprint density at radius 2 is 1.73 bits per heavy atom. The van der Waals surface area contributed by atoms with Gasteiger partial charge in [0.15, 0.2) is 0 Å². The zero-order chi connectivity index (χ0) is 29.1. The third kappa shape index (κ3) is 5.84. The molecule has 2 unspecified atom stereocenters. The predicted molar refractivity (Wildman–Crippen MR) is 143 cm³/mol. The van der Waals surface area contributed by atoms with E-state index in [-0.39, 0.29) is 35.2 Å². The summed E-state index contributed by atoms with van der Waals surface area (Å²) >= 11 is 0. The van der Waals surface area contributed by atoms with Crippen LogP contribution >= 0.6 is 0 Å². The van der Waals surface area contributed by atoms with Crippen molar-refractivity contribution in [1.82, 2.24) is 14.5 Å². The zero-order valence-corrected chi connectivity index (χ0v) is 22.7. The quantitative estimate of drug-likeness (QED) is 0.414. The Hall–Kier alpha value is -4.16. The maximum absolute atomic E-state index is 15.2. The van der Waals surface area contributed by atoms with Crippen molar-refractivity contribution in [2.24, 2.45) is 0 Å². The minimum Gasteiger partial charge on any atom is -0.376 e. The van der Waals surface area contributed by atoms with Crippen molar-refractivity contribution in [2.75, 3.05) is 19.7 Å². The van der Waals surface area contributed by atoms with Gasteiger partial charge < -0.3 is 15.0 Å². The third-order valence-corrected chi connectivity index (χ3v) is 8.85. The number of carbonyl (C=O) groups is 3. The molecule has 2 aliphatic heterocycles. The van der Waals surface area contributed by atoms with Crippen molar-refractivity contribution in [2.45, 2.75) is 36.4 Å². The third-order valence-electron chi connectivity index (χ3n) is 7.07. The average Bonchev–Trinajstić information content (AvgIpc) is 3.55. The summed E-state index contributed by atoms with van der Waals surface area (Å²) in [5.41, 5.74) is 0.184. The second-order valence-corrected chi connectivity index (χ2v) is 11.6. The van der Waals surface area contributed by atoms with Gasteiger partial charge in [-0.25, -0.2) is 21.5 Å². The molecule has 3 amide bonds. The number of hydrogen-bond donors (Lipinski definition) is 1. The summed E-state index contributed by atoms with van der Waals surface area (Å²) in [6, 6.07) is 14.6.